The highest BCUT2D eigenvalue weighted by Crippen LogP contribution is 2.26. The normalized spacial score (nSPS) is 10.6. The van der Waals surface area contributed by atoms with Gasteiger partial charge in [-0.25, -0.2) is 0 Å². The van der Waals surface area contributed by atoms with Crippen molar-refractivity contribution in [3.63, 3.8) is 0 Å². The molecule has 0 radical (unpaired) electrons. The van der Waals surface area contributed by atoms with Gasteiger partial charge in [-0.2, -0.15) is 0 Å². The Balaban J connectivity index is 2.62. The molecule has 0 bridgehead atoms. The Labute approximate surface area is 116 Å². The minimum absolute atomic E-state index is 0.323. The summed E-state index contributed by atoms with van der Waals surface area (Å²) in [7, 11) is 0. The summed E-state index contributed by atoms with van der Waals surface area (Å²) in [5.74, 6) is 0.778. The van der Waals surface area contributed by atoms with Gasteiger partial charge in [0.1, 0.15) is 12.4 Å². The highest BCUT2D eigenvalue weighted by molar-refractivity contribution is 9.10. The van der Waals surface area contributed by atoms with Gasteiger partial charge in [0.15, 0.2) is 0 Å². The first kappa shape index (κ1) is 14.6. The fourth-order valence-electron chi connectivity index (χ4n) is 1.25. The van der Waals surface area contributed by atoms with Crippen molar-refractivity contribution < 1.29 is 4.74 Å². The molecule has 0 aliphatic carbocycles. The van der Waals surface area contributed by atoms with Crippen LogP contribution >= 0.6 is 27.5 Å². The van der Waals surface area contributed by atoms with Crippen molar-refractivity contribution in [2.24, 2.45) is 0 Å². The number of rotatable bonds is 6. The summed E-state index contributed by atoms with van der Waals surface area (Å²) in [6.07, 6.45) is 0. The predicted molar refractivity (Wildman–Crippen MR) is 76.6 cm³/mol. The van der Waals surface area contributed by atoms with Gasteiger partial charge >= 0.3 is 0 Å². The van der Waals surface area contributed by atoms with E-state index in [0.717, 1.165) is 16.8 Å². The van der Waals surface area contributed by atoms with E-state index in [1.54, 1.807) is 0 Å². The molecule has 0 heterocycles. The van der Waals surface area contributed by atoms with Crippen LogP contribution in [0.2, 0.25) is 0 Å². The van der Waals surface area contributed by atoms with Crippen LogP contribution in [-0.4, -0.2) is 12.6 Å². The van der Waals surface area contributed by atoms with Crippen LogP contribution in [-0.2, 0) is 6.54 Å². The zero-order valence-electron chi connectivity index (χ0n) is 10.1. The van der Waals surface area contributed by atoms with Crippen LogP contribution in [0.1, 0.15) is 19.4 Å². The molecule has 1 aromatic rings. The van der Waals surface area contributed by atoms with Gasteiger partial charge in [0.05, 0.1) is 4.47 Å². The lowest BCUT2D eigenvalue weighted by atomic mass is 10.2. The van der Waals surface area contributed by atoms with Gasteiger partial charge in [0.25, 0.3) is 0 Å². The smallest absolute Gasteiger partial charge is 0.134 e. The van der Waals surface area contributed by atoms with Gasteiger partial charge in [0, 0.05) is 17.6 Å². The molecular weight excluding hydrogens is 302 g/mol. The fourth-order valence-corrected chi connectivity index (χ4v) is 1.84. The van der Waals surface area contributed by atoms with Crippen LogP contribution in [0.4, 0.5) is 0 Å². The second kappa shape index (κ2) is 7.04. The lowest BCUT2D eigenvalue weighted by Crippen LogP contribution is -2.21. The second-order valence-electron chi connectivity index (χ2n) is 4.11. The van der Waals surface area contributed by atoms with Crippen LogP contribution in [0.5, 0.6) is 5.75 Å². The van der Waals surface area contributed by atoms with E-state index in [9.17, 15) is 0 Å². The first-order valence-corrected chi connectivity index (χ1v) is 6.64. The van der Waals surface area contributed by atoms with E-state index in [-0.39, 0.29) is 0 Å². The van der Waals surface area contributed by atoms with E-state index in [4.69, 9.17) is 16.3 Å². The van der Waals surface area contributed by atoms with Crippen LogP contribution in [0.25, 0.3) is 0 Å². The van der Waals surface area contributed by atoms with Gasteiger partial charge in [-0.3, -0.25) is 0 Å². The molecule has 17 heavy (non-hydrogen) atoms. The highest BCUT2D eigenvalue weighted by Gasteiger charge is 2.03. The maximum Gasteiger partial charge on any atom is 0.134 e. The average molecular weight is 319 g/mol. The molecule has 0 fully saturated rings. The predicted octanol–water partition coefficient (Wildman–Crippen LogP) is 4.08. The summed E-state index contributed by atoms with van der Waals surface area (Å²) in [5, 5.41) is 3.85. The minimum Gasteiger partial charge on any atom is -0.487 e. The summed E-state index contributed by atoms with van der Waals surface area (Å²) >= 11 is 9.13. The topological polar surface area (TPSA) is 21.3 Å². The van der Waals surface area contributed by atoms with E-state index in [0.29, 0.717) is 17.7 Å². The van der Waals surface area contributed by atoms with E-state index in [2.05, 4.69) is 41.7 Å². The van der Waals surface area contributed by atoms with E-state index in [1.165, 1.54) is 5.56 Å². The second-order valence-corrected chi connectivity index (χ2v) is 5.50. The van der Waals surface area contributed by atoms with Crippen LogP contribution in [0.15, 0.2) is 34.3 Å². The molecule has 2 nitrogen and oxygen atoms in total. The van der Waals surface area contributed by atoms with Gasteiger partial charge in [0.2, 0.25) is 0 Å². The van der Waals surface area contributed by atoms with Crippen molar-refractivity contribution in [2.75, 3.05) is 6.61 Å². The summed E-state index contributed by atoms with van der Waals surface area (Å²) in [6, 6.07) is 6.49. The summed E-state index contributed by atoms with van der Waals surface area (Å²) in [6.45, 7) is 9.00. The molecule has 0 aromatic heterocycles. The molecule has 0 saturated heterocycles. The molecule has 0 unspecified atom stereocenters. The monoisotopic (exact) mass is 317 g/mol. The maximum atomic E-state index is 5.65. The van der Waals surface area contributed by atoms with Crippen molar-refractivity contribution in [2.45, 2.75) is 26.4 Å². The lowest BCUT2D eigenvalue weighted by Gasteiger charge is -2.11. The number of hydrogen-bond donors (Lipinski definition) is 1. The number of ether oxygens (including phenoxy) is 1. The third kappa shape index (κ3) is 5.57. The molecule has 0 amide bonds. The summed E-state index contributed by atoms with van der Waals surface area (Å²) in [4.78, 5) is 0. The summed E-state index contributed by atoms with van der Waals surface area (Å²) < 4.78 is 6.41. The first-order chi connectivity index (χ1) is 7.99. The zero-order valence-corrected chi connectivity index (χ0v) is 12.4. The molecular formula is C13H17BrClNO. The van der Waals surface area contributed by atoms with Crippen molar-refractivity contribution in [1.29, 1.82) is 0 Å². The molecule has 0 atom stereocenters. The maximum absolute atomic E-state index is 5.65. The minimum atomic E-state index is 0.323. The number of benzene rings is 1. The molecule has 1 rings (SSSR count). The Morgan fingerprint density at radius 1 is 1.53 bits per heavy atom. The SMILES string of the molecule is C=C(Cl)COc1ccc(CNC(C)C)cc1Br. The molecule has 1 aromatic carbocycles. The van der Waals surface area contributed by atoms with Crippen molar-refractivity contribution in [3.8, 4) is 5.75 Å². The van der Waals surface area contributed by atoms with Gasteiger partial charge in [-0.15, -0.1) is 0 Å². The zero-order chi connectivity index (χ0) is 12.8. The molecule has 0 aliphatic rings. The van der Waals surface area contributed by atoms with Gasteiger partial charge in [-0.05, 0) is 33.6 Å². The molecule has 0 spiro atoms. The molecule has 1 N–H and O–H groups in total. The van der Waals surface area contributed by atoms with Crippen molar-refractivity contribution in [1.82, 2.24) is 5.32 Å². The summed E-state index contributed by atoms with van der Waals surface area (Å²) in [5.41, 5.74) is 1.21. The van der Waals surface area contributed by atoms with E-state index >= 15 is 0 Å². The lowest BCUT2D eigenvalue weighted by molar-refractivity contribution is 0.357. The highest BCUT2D eigenvalue weighted by atomic mass is 79.9. The third-order valence-electron chi connectivity index (χ3n) is 2.10. The molecule has 94 valence electrons. The number of nitrogens with one attached hydrogen (secondary N) is 1. The van der Waals surface area contributed by atoms with E-state index < -0.39 is 0 Å². The number of hydrogen-bond acceptors (Lipinski definition) is 2. The molecule has 4 heteroatoms. The average Bonchev–Trinajstić information content (AvgIpc) is 2.24. The van der Waals surface area contributed by atoms with Gasteiger partial charge in [-0.1, -0.05) is 38.1 Å². The van der Waals surface area contributed by atoms with Crippen LogP contribution < -0.4 is 10.1 Å². The standard InChI is InChI=1S/C13H17BrClNO/c1-9(2)16-7-11-4-5-13(12(14)6-11)17-8-10(3)15/h4-6,9,16H,3,7-8H2,1-2H3. The Bertz CT molecular complexity index is 393. The third-order valence-corrected chi connectivity index (χ3v) is 2.82. The Morgan fingerprint density at radius 2 is 2.24 bits per heavy atom. The molecule has 0 aliphatic heterocycles. The first-order valence-electron chi connectivity index (χ1n) is 5.47. The molecule has 0 saturated carbocycles. The Kier molecular flexibility index (Phi) is 6.03. The Morgan fingerprint density at radius 3 is 2.76 bits per heavy atom. The Hall–Kier alpha value is -0.510. The van der Waals surface area contributed by atoms with Crippen molar-refractivity contribution in [3.05, 3.63) is 39.8 Å². The fraction of sp³-hybridized carbons (Fsp3) is 0.385. The largest absolute Gasteiger partial charge is 0.487 e. The van der Waals surface area contributed by atoms with Crippen molar-refractivity contribution >= 4 is 27.5 Å². The quantitative estimate of drug-likeness (QED) is 0.853. The number of halogens is 2. The van der Waals surface area contributed by atoms with E-state index in [1.807, 2.05) is 18.2 Å². The van der Waals surface area contributed by atoms with Gasteiger partial charge < -0.3 is 10.1 Å². The van der Waals surface area contributed by atoms with Crippen LogP contribution in [0, 0.1) is 0 Å². The van der Waals surface area contributed by atoms with Crippen LogP contribution in [0.3, 0.4) is 0 Å².